The highest BCUT2D eigenvalue weighted by Crippen LogP contribution is 2.24. The molecular weight excluding hydrogens is 238 g/mol. The zero-order valence-electron chi connectivity index (χ0n) is 8.96. The van der Waals surface area contributed by atoms with Crippen LogP contribution >= 0.6 is 23.3 Å². The first-order chi connectivity index (χ1) is 7.90. The van der Waals surface area contributed by atoms with Crippen LogP contribution in [0.5, 0.6) is 0 Å². The minimum absolute atomic E-state index is 0.357. The van der Waals surface area contributed by atoms with Crippen molar-refractivity contribution in [3.8, 4) is 0 Å². The number of hydrogen-bond acceptors (Lipinski definition) is 5. The molecular formula is C11H13N3S2. The van der Waals surface area contributed by atoms with Crippen LogP contribution in [-0.2, 0) is 0 Å². The maximum Gasteiger partial charge on any atom is 0.169 e. The molecule has 1 aromatic heterocycles. The van der Waals surface area contributed by atoms with Crippen molar-refractivity contribution in [2.45, 2.75) is 10.4 Å². The van der Waals surface area contributed by atoms with Gasteiger partial charge in [-0.15, -0.1) is 0 Å². The average Bonchev–Trinajstić information content (AvgIpc) is 2.84. The second-order valence-corrected chi connectivity index (χ2v) is 5.32. The van der Waals surface area contributed by atoms with Crippen LogP contribution in [0.3, 0.4) is 0 Å². The molecule has 1 N–H and O–H groups in total. The lowest BCUT2D eigenvalue weighted by Crippen LogP contribution is -2.18. The van der Waals surface area contributed by atoms with E-state index in [9.17, 15) is 0 Å². The third kappa shape index (κ3) is 3.04. The molecule has 0 aliphatic rings. The molecule has 0 saturated carbocycles. The SMILES string of the molecule is CNC(CSc1ncns1)c1ccccc1. The van der Waals surface area contributed by atoms with E-state index in [0.29, 0.717) is 6.04 Å². The van der Waals surface area contributed by atoms with E-state index in [0.717, 1.165) is 10.1 Å². The normalized spacial score (nSPS) is 12.6. The average molecular weight is 251 g/mol. The quantitative estimate of drug-likeness (QED) is 0.829. The molecule has 2 aromatic rings. The van der Waals surface area contributed by atoms with Crippen molar-refractivity contribution in [3.63, 3.8) is 0 Å². The van der Waals surface area contributed by atoms with Crippen LogP contribution < -0.4 is 5.32 Å². The topological polar surface area (TPSA) is 37.8 Å². The van der Waals surface area contributed by atoms with Gasteiger partial charge in [-0.2, -0.15) is 4.37 Å². The molecule has 0 spiro atoms. The lowest BCUT2D eigenvalue weighted by molar-refractivity contribution is 0.662. The van der Waals surface area contributed by atoms with Crippen LogP contribution in [0.2, 0.25) is 0 Å². The fourth-order valence-corrected chi connectivity index (χ4v) is 3.03. The predicted molar refractivity (Wildman–Crippen MR) is 68.9 cm³/mol. The van der Waals surface area contributed by atoms with Crippen LogP contribution in [0, 0.1) is 0 Å². The molecule has 1 atom stereocenters. The van der Waals surface area contributed by atoms with E-state index >= 15 is 0 Å². The molecule has 2 rings (SSSR count). The van der Waals surface area contributed by atoms with E-state index in [1.807, 2.05) is 13.1 Å². The fraction of sp³-hybridized carbons (Fsp3) is 0.273. The van der Waals surface area contributed by atoms with Gasteiger partial charge in [0, 0.05) is 11.8 Å². The van der Waals surface area contributed by atoms with Gasteiger partial charge in [0.05, 0.1) is 0 Å². The molecule has 1 aromatic carbocycles. The van der Waals surface area contributed by atoms with Gasteiger partial charge >= 0.3 is 0 Å². The number of hydrogen-bond donors (Lipinski definition) is 1. The molecule has 0 aliphatic heterocycles. The monoisotopic (exact) mass is 251 g/mol. The van der Waals surface area contributed by atoms with Crippen LogP contribution in [0.25, 0.3) is 0 Å². The first-order valence-corrected chi connectivity index (χ1v) is 6.77. The van der Waals surface area contributed by atoms with Crippen LogP contribution in [0.4, 0.5) is 0 Å². The molecule has 3 nitrogen and oxygen atoms in total. The van der Waals surface area contributed by atoms with Crippen molar-refractivity contribution < 1.29 is 0 Å². The molecule has 0 aliphatic carbocycles. The number of aromatic nitrogens is 2. The van der Waals surface area contributed by atoms with E-state index in [1.54, 1.807) is 18.1 Å². The molecule has 5 heteroatoms. The Kier molecular flexibility index (Phi) is 4.33. The highest BCUT2D eigenvalue weighted by molar-refractivity contribution is 8.00. The van der Waals surface area contributed by atoms with Crippen molar-refractivity contribution in [2.75, 3.05) is 12.8 Å². The van der Waals surface area contributed by atoms with Gasteiger partial charge in [-0.25, -0.2) is 4.98 Å². The van der Waals surface area contributed by atoms with Gasteiger partial charge in [0.2, 0.25) is 0 Å². The minimum atomic E-state index is 0.357. The van der Waals surface area contributed by atoms with E-state index in [1.165, 1.54) is 17.1 Å². The van der Waals surface area contributed by atoms with Gasteiger partial charge in [0.25, 0.3) is 0 Å². The van der Waals surface area contributed by atoms with Crippen LogP contribution in [0.1, 0.15) is 11.6 Å². The number of benzene rings is 1. The standard InChI is InChI=1S/C11H13N3S2/c1-12-10(9-5-3-2-4-6-9)7-15-11-13-8-14-16-11/h2-6,8,10,12H,7H2,1H3. The summed E-state index contributed by atoms with van der Waals surface area (Å²) in [5, 5.41) is 3.32. The Morgan fingerprint density at radius 3 is 2.81 bits per heavy atom. The Morgan fingerprint density at radius 2 is 2.19 bits per heavy atom. The molecule has 1 heterocycles. The molecule has 16 heavy (non-hydrogen) atoms. The summed E-state index contributed by atoms with van der Waals surface area (Å²) in [6.45, 7) is 0. The highest BCUT2D eigenvalue weighted by Gasteiger charge is 2.09. The van der Waals surface area contributed by atoms with E-state index in [4.69, 9.17) is 0 Å². The van der Waals surface area contributed by atoms with Crippen molar-refractivity contribution in [1.29, 1.82) is 0 Å². The summed E-state index contributed by atoms with van der Waals surface area (Å²) in [7, 11) is 1.98. The fourth-order valence-electron chi connectivity index (χ4n) is 1.41. The van der Waals surface area contributed by atoms with Crippen molar-refractivity contribution in [2.24, 2.45) is 0 Å². The molecule has 0 saturated heterocycles. The van der Waals surface area contributed by atoms with Gasteiger partial charge < -0.3 is 5.32 Å². The van der Waals surface area contributed by atoms with Gasteiger partial charge in [-0.1, -0.05) is 42.1 Å². The van der Waals surface area contributed by atoms with Gasteiger partial charge in [-0.05, 0) is 24.1 Å². The summed E-state index contributed by atoms with van der Waals surface area (Å²) in [6, 6.07) is 10.8. The summed E-state index contributed by atoms with van der Waals surface area (Å²) in [4.78, 5) is 4.16. The van der Waals surface area contributed by atoms with E-state index in [2.05, 4.69) is 38.9 Å². The Hall–Kier alpha value is -0.910. The van der Waals surface area contributed by atoms with Crippen molar-refractivity contribution in [3.05, 3.63) is 42.2 Å². The second kappa shape index (κ2) is 5.98. The van der Waals surface area contributed by atoms with Crippen molar-refractivity contribution >= 4 is 23.3 Å². The smallest absolute Gasteiger partial charge is 0.169 e. The molecule has 0 radical (unpaired) electrons. The number of nitrogens with one attached hydrogen (secondary N) is 1. The zero-order valence-corrected chi connectivity index (χ0v) is 10.6. The summed E-state index contributed by atoms with van der Waals surface area (Å²) in [5.41, 5.74) is 1.31. The number of nitrogens with zero attached hydrogens (tertiary/aromatic N) is 2. The van der Waals surface area contributed by atoms with E-state index < -0.39 is 0 Å². The highest BCUT2D eigenvalue weighted by atomic mass is 32.2. The summed E-state index contributed by atoms with van der Waals surface area (Å²) >= 11 is 3.18. The Bertz CT molecular complexity index is 402. The first kappa shape index (κ1) is 11.6. The predicted octanol–water partition coefficient (Wildman–Crippen LogP) is 2.59. The van der Waals surface area contributed by atoms with Gasteiger partial charge in [0.1, 0.15) is 6.33 Å². The lowest BCUT2D eigenvalue weighted by Gasteiger charge is -2.15. The van der Waals surface area contributed by atoms with Crippen LogP contribution in [0.15, 0.2) is 41.0 Å². The molecule has 0 bridgehead atoms. The maximum atomic E-state index is 4.16. The Balaban J connectivity index is 1.96. The first-order valence-electron chi connectivity index (χ1n) is 5.02. The number of thioether (sulfide) groups is 1. The second-order valence-electron chi connectivity index (χ2n) is 3.27. The minimum Gasteiger partial charge on any atom is -0.312 e. The van der Waals surface area contributed by atoms with E-state index in [-0.39, 0.29) is 0 Å². The third-order valence-electron chi connectivity index (χ3n) is 2.26. The molecule has 84 valence electrons. The maximum absolute atomic E-state index is 4.16. The Morgan fingerprint density at radius 1 is 1.38 bits per heavy atom. The zero-order chi connectivity index (χ0) is 11.2. The molecule has 1 unspecified atom stereocenters. The summed E-state index contributed by atoms with van der Waals surface area (Å²) < 4.78 is 5.01. The van der Waals surface area contributed by atoms with Gasteiger partial charge in [0.15, 0.2) is 4.34 Å². The summed E-state index contributed by atoms with van der Waals surface area (Å²) in [5.74, 6) is 0.968. The Labute approximate surface area is 103 Å². The third-order valence-corrected chi connectivity index (χ3v) is 4.16. The largest absolute Gasteiger partial charge is 0.312 e. The lowest BCUT2D eigenvalue weighted by atomic mass is 10.1. The van der Waals surface area contributed by atoms with Gasteiger partial charge in [-0.3, -0.25) is 0 Å². The van der Waals surface area contributed by atoms with Crippen LogP contribution in [-0.4, -0.2) is 22.2 Å². The summed E-state index contributed by atoms with van der Waals surface area (Å²) in [6.07, 6.45) is 1.60. The van der Waals surface area contributed by atoms with Crippen molar-refractivity contribution in [1.82, 2.24) is 14.7 Å². The molecule has 0 amide bonds. The molecule has 0 fully saturated rings. The number of rotatable bonds is 5.